The molecule has 6 nitrogen and oxygen atoms in total. The largest absolute Gasteiger partial charge is 0.425 e. The minimum Gasteiger partial charge on any atom is -0.425 e. The zero-order chi connectivity index (χ0) is 14.5. The van der Waals surface area contributed by atoms with Gasteiger partial charge in [-0.1, -0.05) is 0 Å². The van der Waals surface area contributed by atoms with Gasteiger partial charge >= 0.3 is 5.97 Å². The highest BCUT2D eigenvalue weighted by molar-refractivity contribution is 7.35. The van der Waals surface area contributed by atoms with Gasteiger partial charge in [-0.25, -0.2) is 4.79 Å². The Hall–Kier alpha value is -1.65. The van der Waals surface area contributed by atoms with Crippen LogP contribution in [0.4, 0.5) is 5.69 Å². The van der Waals surface area contributed by atoms with Gasteiger partial charge in [0.15, 0.2) is 5.96 Å². The first kappa shape index (κ1) is 15.4. The molecule has 0 aliphatic rings. The number of esters is 1. The quantitative estimate of drug-likeness (QED) is 0.220. The van der Waals surface area contributed by atoms with Crippen LogP contribution in [0.15, 0.2) is 24.3 Å². The van der Waals surface area contributed by atoms with Crippen molar-refractivity contribution >= 4 is 26.3 Å². The van der Waals surface area contributed by atoms with Crippen molar-refractivity contribution < 1.29 is 9.53 Å². The first-order valence-corrected chi connectivity index (χ1v) is 7.22. The van der Waals surface area contributed by atoms with Crippen LogP contribution >= 0.6 is 8.73 Å². The second-order valence-electron chi connectivity index (χ2n) is 4.51. The highest BCUT2D eigenvalue weighted by Gasteiger charge is 2.24. The maximum absolute atomic E-state index is 11.6. The van der Waals surface area contributed by atoms with Gasteiger partial charge in [0.05, 0.1) is 0 Å². The molecular weight excluding hydrogens is 263 g/mol. The molecule has 0 bridgehead atoms. The molecule has 0 aliphatic carbocycles. The van der Waals surface area contributed by atoms with Crippen molar-refractivity contribution in [3.8, 4) is 5.75 Å². The highest BCUT2D eigenvalue weighted by Crippen LogP contribution is 2.17. The van der Waals surface area contributed by atoms with E-state index in [0.29, 0.717) is 14.5 Å². The molecule has 0 saturated carbocycles. The molecule has 0 heterocycles. The molecule has 0 saturated heterocycles. The molecule has 1 rings (SSSR count). The van der Waals surface area contributed by atoms with Gasteiger partial charge in [0.2, 0.25) is 0 Å². The molecular formula is C12H19N4O2P. The summed E-state index contributed by atoms with van der Waals surface area (Å²) in [7, 11) is 0.457. The van der Waals surface area contributed by atoms with Crippen molar-refractivity contribution in [2.75, 3.05) is 12.0 Å². The summed E-state index contributed by atoms with van der Waals surface area (Å²) in [5.74, 6) is 0.161. The first-order valence-electron chi connectivity index (χ1n) is 5.72. The molecule has 104 valence electrons. The van der Waals surface area contributed by atoms with Gasteiger partial charge in [-0.05, 0) is 53.5 Å². The average molecular weight is 282 g/mol. The summed E-state index contributed by atoms with van der Waals surface area (Å²) < 4.78 is 5.13. The molecule has 1 atom stereocenters. The Kier molecular flexibility index (Phi) is 5.27. The summed E-state index contributed by atoms with van der Waals surface area (Å²) in [5, 5.41) is 13.3. The molecule has 5 N–H and O–H groups in total. The van der Waals surface area contributed by atoms with Gasteiger partial charge in [-0.15, -0.1) is 0 Å². The number of anilines is 1. The second kappa shape index (κ2) is 6.50. The molecule has 0 amide bonds. The summed E-state index contributed by atoms with van der Waals surface area (Å²) in [6, 6.07) is 6.74. The zero-order valence-corrected chi connectivity index (χ0v) is 12.2. The Morgan fingerprint density at radius 1 is 1.37 bits per heavy atom. The Balaban J connectivity index is 2.62. The average Bonchev–Trinajstić information content (AvgIpc) is 2.30. The molecule has 0 spiro atoms. The summed E-state index contributed by atoms with van der Waals surface area (Å²) in [5.41, 5.74) is 5.35. The van der Waals surface area contributed by atoms with E-state index in [0.717, 1.165) is 5.69 Å². The normalized spacial score (nSPS) is 11.4. The fourth-order valence-electron chi connectivity index (χ4n) is 1.15. The minimum atomic E-state index is -1.02. The first-order chi connectivity index (χ1) is 8.82. The van der Waals surface area contributed by atoms with Gasteiger partial charge in [0.25, 0.3) is 0 Å². The number of benzene rings is 1. The Labute approximate surface area is 114 Å². The van der Waals surface area contributed by atoms with Crippen LogP contribution in [-0.4, -0.2) is 24.1 Å². The van der Waals surface area contributed by atoms with Gasteiger partial charge < -0.3 is 20.9 Å². The van der Waals surface area contributed by atoms with Crippen LogP contribution in [0.2, 0.25) is 0 Å². The minimum absolute atomic E-state index is 0.230. The van der Waals surface area contributed by atoms with Crippen LogP contribution in [0, 0.1) is 5.41 Å². The van der Waals surface area contributed by atoms with Crippen molar-refractivity contribution in [2.45, 2.75) is 19.4 Å². The van der Waals surface area contributed by atoms with E-state index >= 15 is 0 Å². The highest BCUT2D eigenvalue weighted by atomic mass is 31.1. The van der Waals surface area contributed by atoms with E-state index < -0.39 is 11.5 Å². The number of nitrogens with one attached hydrogen (secondary N) is 3. The lowest BCUT2D eigenvalue weighted by Gasteiger charge is -2.16. The standard InChI is InChI=1S/C12H19N4O2P/c1-12(2,14)10(17)18-9-6-4-8(5-7-9)15-11(13)16-19-3/h4-7,19H,14H2,1-3H3,(H3,13,15,16). The van der Waals surface area contributed by atoms with Gasteiger partial charge in [0.1, 0.15) is 11.3 Å². The fraction of sp³-hybridized carbons (Fsp3) is 0.333. The molecule has 0 radical (unpaired) electrons. The van der Waals surface area contributed by atoms with E-state index in [1.807, 2.05) is 6.66 Å². The second-order valence-corrected chi connectivity index (χ2v) is 5.26. The zero-order valence-electron chi connectivity index (χ0n) is 11.2. The van der Waals surface area contributed by atoms with Crippen LogP contribution in [0.3, 0.4) is 0 Å². The lowest BCUT2D eigenvalue weighted by molar-refractivity contribution is -0.139. The number of hydrogen-bond donors (Lipinski definition) is 4. The molecule has 7 heteroatoms. The van der Waals surface area contributed by atoms with Crippen LogP contribution in [-0.2, 0) is 4.79 Å². The molecule has 0 aliphatic heterocycles. The van der Waals surface area contributed by atoms with E-state index in [1.54, 1.807) is 38.1 Å². The van der Waals surface area contributed by atoms with E-state index in [-0.39, 0.29) is 5.96 Å². The number of carbonyl (C=O) groups is 1. The van der Waals surface area contributed by atoms with E-state index in [4.69, 9.17) is 15.9 Å². The third kappa shape index (κ3) is 5.24. The van der Waals surface area contributed by atoms with Crippen molar-refractivity contribution in [2.24, 2.45) is 5.73 Å². The maximum atomic E-state index is 11.6. The maximum Gasteiger partial charge on any atom is 0.330 e. The van der Waals surface area contributed by atoms with Crippen molar-refractivity contribution in [3.63, 3.8) is 0 Å². The Morgan fingerprint density at radius 2 is 1.95 bits per heavy atom. The number of guanidine groups is 1. The lowest BCUT2D eigenvalue weighted by atomic mass is 10.1. The third-order valence-electron chi connectivity index (χ3n) is 2.11. The van der Waals surface area contributed by atoms with Gasteiger partial charge in [-0.2, -0.15) is 0 Å². The SMILES string of the molecule is CPNC(=N)Nc1ccc(OC(=O)C(C)(C)N)cc1. The molecule has 0 fully saturated rings. The van der Waals surface area contributed by atoms with Crippen molar-refractivity contribution in [3.05, 3.63) is 24.3 Å². The Bertz CT molecular complexity index is 454. The smallest absolute Gasteiger partial charge is 0.330 e. The summed E-state index contributed by atoms with van der Waals surface area (Å²) in [6.45, 7) is 5.11. The van der Waals surface area contributed by atoms with Crippen molar-refractivity contribution in [1.29, 1.82) is 5.41 Å². The topological polar surface area (TPSA) is 100 Å². The van der Waals surface area contributed by atoms with Crippen LogP contribution in [0.5, 0.6) is 5.75 Å². The van der Waals surface area contributed by atoms with Crippen LogP contribution in [0.25, 0.3) is 0 Å². The van der Waals surface area contributed by atoms with Crippen LogP contribution < -0.4 is 20.9 Å². The van der Waals surface area contributed by atoms with Gasteiger partial charge in [-0.3, -0.25) is 5.41 Å². The number of ether oxygens (including phenoxy) is 1. The molecule has 1 unspecified atom stereocenters. The molecule has 0 aromatic heterocycles. The van der Waals surface area contributed by atoms with E-state index in [1.165, 1.54) is 0 Å². The van der Waals surface area contributed by atoms with Gasteiger partial charge in [0, 0.05) is 5.69 Å². The Morgan fingerprint density at radius 3 is 2.42 bits per heavy atom. The molecule has 1 aromatic carbocycles. The number of hydrogen-bond acceptors (Lipinski definition) is 4. The summed E-state index contributed by atoms with van der Waals surface area (Å²) in [4.78, 5) is 11.6. The predicted molar refractivity (Wildman–Crippen MR) is 79.1 cm³/mol. The van der Waals surface area contributed by atoms with E-state index in [9.17, 15) is 4.79 Å². The fourth-order valence-corrected chi connectivity index (χ4v) is 1.46. The molecule has 19 heavy (non-hydrogen) atoms. The number of carbonyl (C=O) groups excluding carboxylic acids is 1. The summed E-state index contributed by atoms with van der Waals surface area (Å²) in [6.07, 6.45) is 0. The molecule has 1 aromatic rings. The monoisotopic (exact) mass is 282 g/mol. The lowest BCUT2D eigenvalue weighted by Crippen LogP contribution is -2.44. The van der Waals surface area contributed by atoms with Crippen molar-refractivity contribution in [1.82, 2.24) is 5.09 Å². The number of nitrogens with two attached hydrogens (primary N) is 1. The summed E-state index contributed by atoms with van der Waals surface area (Å²) >= 11 is 0. The predicted octanol–water partition coefficient (Wildman–Crippen LogP) is 1.49. The number of rotatable bonds is 4. The third-order valence-corrected chi connectivity index (χ3v) is 2.61. The van der Waals surface area contributed by atoms with Crippen LogP contribution in [0.1, 0.15) is 13.8 Å². The van der Waals surface area contributed by atoms with E-state index in [2.05, 4.69) is 10.4 Å².